The number of carbonyl (C=O) groups excluding carboxylic acids is 2. The second kappa shape index (κ2) is 9.97. The molecule has 1 N–H and O–H groups in total. The number of hydrogen-bond acceptors (Lipinski definition) is 5. The van der Waals surface area contributed by atoms with E-state index < -0.39 is 39.7 Å². The molecule has 1 atom stereocenters. The lowest BCUT2D eigenvalue weighted by Crippen LogP contribution is -2.42. The number of anilines is 1. The van der Waals surface area contributed by atoms with Crippen LogP contribution in [0.4, 0.5) is 10.1 Å². The number of rotatable bonds is 6. The highest BCUT2D eigenvalue weighted by molar-refractivity contribution is 7.89. The van der Waals surface area contributed by atoms with E-state index in [4.69, 9.17) is 16.3 Å². The normalized spacial score (nSPS) is 16.4. The van der Waals surface area contributed by atoms with Crippen LogP contribution in [-0.2, 0) is 24.3 Å². The Kier molecular flexibility index (Phi) is 7.53. The van der Waals surface area contributed by atoms with E-state index >= 15 is 0 Å². The summed E-state index contributed by atoms with van der Waals surface area (Å²) in [6.45, 7) is 3.38. The van der Waals surface area contributed by atoms with Crippen molar-refractivity contribution < 1.29 is 27.1 Å². The average Bonchev–Trinajstić information content (AvgIpc) is 2.76. The molecule has 1 aliphatic heterocycles. The number of carbonyl (C=O) groups is 2. The predicted octanol–water partition coefficient (Wildman–Crippen LogP) is 3.76. The first-order chi connectivity index (χ1) is 15.1. The van der Waals surface area contributed by atoms with Gasteiger partial charge in [0.15, 0.2) is 6.10 Å². The Morgan fingerprint density at radius 1 is 1.19 bits per heavy atom. The van der Waals surface area contributed by atoms with Gasteiger partial charge < -0.3 is 10.1 Å². The molecule has 10 heteroatoms. The number of nitrogens with zero attached hydrogens (tertiary/aromatic N) is 1. The molecule has 1 fully saturated rings. The maximum atomic E-state index is 13.9. The van der Waals surface area contributed by atoms with Crippen molar-refractivity contribution in [3.05, 3.63) is 58.9 Å². The first kappa shape index (κ1) is 24.2. The number of halogens is 2. The molecule has 7 nitrogen and oxygen atoms in total. The molecule has 0 bridgehead atoms. The third-order valence-corrected chi connectivity index (χ3v) is 7.53. The lowest BCUT2D eigenvalue weighted by Gasteiger charge is -2.30. The van der Waals surface area contributed by atoms with Gasteiger partial charge in [0.25, 0.3) is 5.91 Å². The lowest BCUT2D eigenvalue weighted by molar-refractivity contribution is -0.158. The third kappa shape index (κ3) is 5.46. The van der Waals surface area contributed by atoms with E-state index in [0.29, 0.717) is 10.7 Å². The summed E-state index contributed by atoms with van der Waals surface area (Å²) in [5, 5.41) is 3.15. The molecule has 0 spiro atoms. The van der Waals surface area contributed by atoms with Crippen molar-refractivity contribution in [3.63, 3.8) is 0 Å². The van der Waals surface area contributed by atoms with Gasteiger partial charge in [-0.1, -0.05) is 29.8 Å². The van der Waals surface area contributed by atoms with E-state index in [9.17, 15) is 22.4 Å². The van der Waals surface area contributed by atoms with Crippen LogP contribution >= 0.6 is 11.6 Å². The van der Waals surface area contributed by atoms with Crippen molar-refractivity contribution in [1.82, 2.24) is 4.31 Å². The molecule has 1 unspecified atom stereocenters. The molecule has 1 saturated heterocycles. The molecule has 2 aromatic carbocycles. The number of hydrogen-bond donors (Lipinski definition) is 1. The van der Waals surface area contributed by atoms with Crippen molar-refractivity contribution >= 4 is 39.2 Å². The van der Waals surface area contributed by atoms with Crippen LogP contribution in [0.3, 0.4) is 0 Å². The van der Waals surface area contributed by atoms with Gasteiger partial charge in [0.1, 0.15) is 10.7 Å². The first-order valence-electron chi connectivity index (χ1n) is 10.1. The van der Waals surface area contributed by atoms with E-state index in [1.165, 1.54) is 25.1 Å². The molecular weight excluding hydrogens is 459 g/mol. The van der Waals surface area contributed by atoms with Crippen LogP contribution in [0.2, 0.25) is 5.02 Å². The maximum absolute atomic E-state index is 13.9. The van der Waals surface area contributed by atoms with Gasteiger partial charge in [-0.15, -0.1) is 0 Å². The highest BCUT2D eigenvalue weighted by Crippen LogP contribution is 2.26. The average molecular weight is 483 g/mol. The summed E-state index contributed by atoms with van der Waals surface area (Å²) >= 11 is 5.95. The van der Waals surface area contributed by atoms with Crippen molar-refractivity contribution in [2.45, 2.75) is 37.7 Å². The number of benzene rings is 2. The fourth-order valence-corrected chi connectivity index (χ4v) is 5.12. The molecular formula is C22H24ClFN2O5S. The van der Waals surface area contributed by atoms with Gasteiger partial charge in [-0.3, -0.25) is 9.59 Å². The van der Waals surface area contributed by atoms with Gasteiger partial charge in [0.2, 0.25) is 10.0 Å². The molecule has 1 amide bonds. The molecule has 0 aromatic heterocycles. The highest BCUT2D eigenvalue weighted by Gasteiger charge is 2.35. The molecule has 172 valence electrons. The third-order valence-electron chi connectivity index (χ3n) is 5.36. The van der Waals surface area contributed by atoms with E-state index in [1.54, 1.807) is 18.2 Å². The van der Waals surface area contributed by atoms with Gasteiger partial charge in [0.05, 0.1) is 5.92 Å². The molecule has 0 aliphatic carbocycles. The number of piperidine rings is 1. The largest absolute Gasteiger partial charge is 0.452 e. The highest BCUT2D eigenvalue weighted by atomic mass is 35.5. The smallest absolute Gasteiger partial charge is 0.309 e. The topological polar surface area (TPSA) is 92.8 Å². The second-order valence-electron chi connectivity index (χ2n) is 7.64. The zero-order chi connectivity index (χ0) is 23.5. The van der Waals surface area contributed by atoms with E-state index in [1.807, 2.05) is 6.92 Å². The summed E-state index contributed by atoms with van der Waals surface area (Å²) in [6.07, 6.45) is -0.608. The van der Waals surface area contributed by atoms with Gasteiger partial charge in [-0.2, -0.15) is 4.31 Å². The Morgan fingerprint density at radius 3 is 2.50 bits per heavy atom. The first-order valence-corrected chi connectivity index (χ1v) is 11.9. The van der Waals surface area contributed by atoms with Crippen molar-refractivity contribution in [3.8, 4) is 0 Å². The van der Waals surface area contributed by atoms with E-state index in [0.717, 1.165) is 15.9 Å². The van der Waals surface area contributed by atoms with E-state index in [2.05, 4.69) is 5.32 Å². The van der Waals surface area contributed by atoms with Crippen molar-refractivity contribution in [1.29, 1.82) is 0 Å². The zero-order valence-corrected chi connectivity index (χ0v) is 19.2. The van der Waals surface area contributed by atoms with Gasteiger partial charge >= 0.3 is 5.97 Å². The molecule has 0 radical (unpaired) electrons. The summed E-state index contributed by atoms with van der Waals surface area (Å²) in [5.41, 5.74) is 1.33. The molecule has 1 heterocycles. The molecule has 32 heavy (non-hydrogen) atoms. The number of ether oxygens (including phenoxy) is 1. The van der Waals surface area contributed by atoms with Crippen molar-refractivity contribution in [2.24, 2.45) is 5.92 Å². The standard InChI is InChI=1S/C22H24ClFN2O5S/c1-14-7-8-17(23)13-19(14)25-21(27)15(2)31-22(28)16-9-11-26(12-10-16)32(29,30)20-6-4-3-5-18(20)24/h3-8,13,15-16H,9-12H2,1-2H3,(H,25,27). The summed E-state index contributed by atoms with van der Waals surface area (Å²) < 4.78 is 45.8. The quantitative estimate of drug-likeness (QED) is 0.633. The minimum absolute atomic E-state index is 0.0543. The van der Waals surface area contributed by atoms with Gasteiger partial charge in [0, 0.05) is 23.8 Å². The van der Waals surface area contributed by atoms with E-state index in [-0.39, 0.29) is 30.8 Å². The number of sulfonamides is 1. The summed E-state index contributed by atoms with van der Waals surface area (Å²) in [7, 11) is -3.99. The van der Waals surface area contributed by atoms with Crippen molar-refractivity contribution in [2.75, 3.05) is 18.4 Å². The molecule has 1 aliphatic rings. The summed E-state index contributed by atoms with van der Waals surface area (Å²) in [5.74, 6) is -2.43. The lowest BCUT2D eigenvalue weighted by atomic mass is 9.98. The Hall–Kier alpha value is -2.49. The number of nitrogens with one attached hydrogen (secondary N) is 1. The predicted molar refractivity (Wildman–Crippen MR) is 118 cm³/mol. The van der Waals surface area contributed by atoms with Crippen LogP contribution < -0.4 is 5.32 Å². The second-order valence-corrected chi connectivity index (χ2v) is 9.98. The Morgan fingerprint density at radius 2 is 1.84 bits per heavy atom. The number of esters is 1. The number of amides is 1. The molecule has 2 aromatic rings. The van der Waals surface area contributed by atoms with Crippen LogP contribution in [0.1, 0.15) is 25.3 Å². The van der Waals surface area contributed by atoms with Gasteiger partial charge in [-0.05, 0) is 56.5 Å². The maximum Gasteiger partial charge on any atom is 0.309 e. The van der Waals surface area contributed by atoms with Crippen LogP contribution in [-0.4, -0.2) is 43.8 Å². The molecule has 3 rings (SSSR count). The van der Waals surface area contributed by atoms with Crippen LogP contribution in [0.25, 0.3) is 0 Å². The minimum Gasteiger partial charge on any atom is -0.452 e. The van der Waals surface area contributed by atoms with Crippen LogP contribution in [0.15, 0.2) is 47.4 Å². The Labute approximate surface area is 191 Å². The zero-order valence-electron chi connectivity index (χ0n) is 17.7. The summed E-state index contributed by atoms with van der Waals surface area (Å²) in [4.78, 5) is 24.5. The number of aryl methyl sites for hydroxylation is 1. The fourth-order valence-electron chi connectivity index (χ4n) is 3.41. The van der Waals surface area contributed by atoms with Crippen LogP contribution in [0.5, 0.6) is 0 Å². The van der Waals surface area contributed by atoms with Crippen LogP contribution in [0, 0.1) is 18.7 Å². The van der Waals surface area contributed by atoms with Gasteiger partial charge in [-0.25, -0.2) is 12.8 Å². The Bertz CT molecular complexity index is 1120. The molecule has 0 saturated carbocycles. The SMILES string of the molecule is Cc1ccc(Cl)cc1NC(=O)C(C)OC(=O)C1CCN(S(=O)(=O)c2ccccc2F)CC1. The minimum atomic E-state index is -3.99. The monoisotopic (exact) mass is 482 g/mol. The summed E-state index contributed by atoms with van der Waals surface area (Å²) in [6, 6.07) is 10.3. The Balaban J connectivity index is 1.55. The fraction of sp³-hybridized carbons (Fsp3) is 0.364.